The van der Waals surface area contributed by atoms with Crippen molar-refractivity contribution < 1.29 is 19.4 Å². The molecule has 1 fully saturated rings. The first-order valence-corrected chi connectivity index (χ1v) is 12.9. The van der Waals surface area contributed by atoms with E-state index in [0.717, 1.165) is 36.9 Å². The number of aliphatic carboxylic acids is 1. The zero-order valence-corrected chi connectivity index (χ0v) is 21.8. The highest BCUT2D eigenvalue weighted by molar-refractivity contribution is 6.07. The molecular formula is C28H28N8O4. The van der Waals surface area contributed by atoms with E-state index in [4.69, 9.17) is 15.6 Å². The molecule has 12 nitrogen and oxygen atoms in total. The average Bonchev–Trinajstić information content (AvgIpc) is 3.53. The van der Waals surface area contributed by atoms with Crippen LogP contribution in [0.4, 0.5) is 11.5 Å². The maximum Gasteiger partial charge on any atom is 0.323 e. The normalized spacial score (nSPS) is 14.0. The number of methoxy groups -OCH3 is 1. The van der Waals surface area contributed by atoms with Crippen LogP contribution in [0, 0.1) is 0 Å². The van der Waals surface area contributed by atoms with Gasteiger partial charge in [0.2, 0.25) is 0 Å². The van der Waals surface area contributed by atoms with E-state index in [2.05, 4.69) is 20.6 Å². The molecule has 1 aliphatic heterocycles. The molecule has 2 aromatic carbocycles. The van der Waals surface area contributed by atoms with Gasteiger partial charge in [-0.1, -0.05) is 24.3 Å². The number of anilines is 2. The first-order valence-electron chi connectivity index (χ1n) is 12.9. The maximum atomic E-state index is 13.4. The molecule has 40 heavy (non-hydrogen) atoms. The molecule has 1 amide bonds. The summed E-state index contributed by atoms with van der Waals surface area (Å²) >= 11 is 0. The van der Waals surface area contributed by atoms with Gasteiger partial charge in [0.25, 0.3) is 5.91 Å². The van der Waals surface area contributed by atoms with Gasteiger partial charge in [-0.25, -0.2) is 14.6 Å². The third kappa shape index (κ3) is 4.47. The van der Waals surface area contributed by atoms with Crippen LogP contribution in [0.2, 0.25) is 0 Å². The van der Waals surface area contributed by atoms with Gasteiger partial charge in [-0.3, -0.25) is 9.59 Å². The summed E-state index contributed by atoms with van der Waals surface area (Å²) in [5, 5.41) is 22.0. The van der Waals surface area contributed by atoms with Gasteiger partial charge >= 0.3 is 5.97 Å². The molecule has 0 aliphatic carbocycles. The second-order valence-corrected chi connectivity index (χ2v) is 9.67. The number of nitrogens with two attached hydrogens (primary N) is 1. The zero-order valence-electron chi connectivity index (χ0n) is 21.8. The highest BCUT2D eigenvalue weighted by atomic mass is 16.5. The minimum Gasteiger partial charge on any atom is -0.495 e. The Labute approximate surface area is 228 Å². The SMILES string of the molecule is COc1cc(-c2nn(C3CCNCC3)c3ncnc(N)c23)ccc1NC(=O)c1cc2ccccc2n1CC(=O)O. The molecule has 5 N–H and O–H groups in total. The van der Waals surface area contributed by atoms with Gasteiger partial charge in [0.15, 0.2) is 5.65 Å². The van der Waals surface area contributed by atoms with Crippen molar-refractivity contribution in [1.29, 1.82) is 0 Å². The summed E-state index contributed by atoms with van der Waals surface area (Å²) in [4.78, 5) is 33.6. The Morgan fingerprint density at radius 3 is 2.73 bits per heavy atom. The molecule has 0 radical (unpaired) electrons. The Hall–Kier alpha value is -4.97. The van der Waals surface area contributed by atoms with Gasteiger partial charge < -0.3 is 30.8 Å². The van der Waals surface area contributed by atoms with E-state index >= 15 is 0 Å². The molecule has 1 aliphatic rings. The van der Waals surface area contributed by atoms with E-state index in [9.17, 15) is 14.7 Å². The Morgan fingerprint density at radius 2 is 1.95 bits per heavy atom. The number of piperidine rings is 1. The average molecular weight is 541 g/mol. The van der Waals surface area contributed by atoms with Crippen LogP contribution in [0.3, 0.4) is 0 Å². The molecule has 12 heteroatoms. The number of carbonyl (C=O) groups excluding carboxylic acids is 1. The van der Waals surface area contributed by atoms with E-state index in [1.54, 1.807) is 30.3 Å². The number of hydrogen-bond acceptors (Lipinski definition) is 8. The minimum absolute atomic E-state index is 0.185. The van der Waals surface area contributed by atoms with Crippen LogP contribution in [-0.4, -0.2) is 61.5 Å². The monoisotopic (exact) mass is 540 g/mol. The number of nitrogen functional groups attached to an aromatic ring is 1. The van der Waals surface area contributed by atoms with E-state index in [-0.39, 0.29) is 18.3 Å². The second kappa shape index (κ2) is 10.3. The fourth-order valence-corrected chi connectivity index (χ4v) is 5.34. The van der Waals surface area contributed by atoms with Crippen molar-refractivity contribution in [3.8, 4) is 17.0 Å². The minimum atomic E-state index is -1.04. The summed E-state index contributed by atoms with van der Waals surface area (Å²) in [6, 6.07) is 14.5. The number of aromatic nitrogens is 5. The first-order chi connectivity index (χ1) is 19.4. The Morgan fingerprint density at radius 1 is 1.15 bits per heavy atom. The third-order valence-electron chi connectivity index (χ3n) is 7.23. The smallest absolute Gasteiger partial charge is 0.323 e. The highest BCUT2D eigenvalue weighted by Crippen LogP contribution is 2.37. The Balaban J connectivity index is 1.37. The number of carbonyl (C=O) groups is 2. The highest BCUT2D eigenvalue weighted by Gasteiger charge is 2.25. The molecule has 6 rings (SSSR count). The Kier molecular flexibility index (Phi) is 6.52. The van der Waals surface area contributed by atoms with Crippen molar-refractivity contribution in [3.63, 3.8) is 0 Å². The van der Waals surface area contributed by atoms with Crippen LogP contribution in [0.5, 0.6) is 5.75 Å². The number of carboxylic acids is 1. The summed E-state index contributed by atoms with van der Waals surface area (Å²) in [5.41, 5.74) is 9.65. The lowest BCUT2D eigenvalue weighted by molar-refractivity contribution is -0.137. The summed E-state index contributed by atoms with van der Waals surface area (Å²) in [7, 11) is 1.51. The molecule has 4 heterocycles. The predicted molar refractivity (Wildman–Crippen MR) is 150 cm³/mol. The molecule has 3 aromatic heterocycles. The summed E-state index contributed by atoms with van der Waals surface area (Å²) < 4.78 is 9.06. The largest absolute Gasteiger partial charge is 0.495 e. The number of hydrogen-bond donors (Lipinski definition) is 4. The molecule has 5 aromatic rings. The van der Waals surface area contributed by atoms with Gasteiger partial charge in [-0.2, -0.15) is 5.10 Å². The van der Waals surface area contributed by atoms with E-state index < -0.39 is 11.9 Å². The van der Waals surface area contributed by atoms with Crippen LogP contribution in [0.15, 0.2) is 54.9 Å². The fraction of sp³-hybridized carbons (Fsp3) is 0.250. The lowest BCUT2D eigenvalue weighted by atomic mass is 10.1. The van der Waals surface area contributed by atoms with Crippen molar-refractivity contribution in [2.45, 2.75) is 25.4 Å². The van der Waals surface area contributed by atoms with Crippen molar-refractivity contribution in [3.05, 3.63) is 60.6 Å². The van der Waals surface area contributed by atoms with Crippen molar-refractivity contribution in [2.24, 2.45) is 0 Å². The van der Waals surface area contributed by atoms with Crippen LogP contribution >= 0.6 is 0 Å². The van der Waals surface area contributed by atoms with Crippen LogP contribution in [0.25, 0.3) is 33.2 Å². The van der Waals surface area contributed by atoms with Gasteiger partial charge in [0, 0.05) is 16.5 Å². The molecule has 0 saturated carbocycles. The number of carboxylic acid groups (broad SMARTS) is 1. The molecule has 1 saturated heterocycles. The molecule has 0 unspecified atom stereocenters. The number of para-hydroxylation sites is 1. The standard InChI is InChI=1S/C28H28N8O4/c1-40-22-13-17(25-24-26(29)31-15-32-27(24)36(34-25)18-8-10-30-11-9-18)6-7-19(22)33-28(39)21-12-16-4-2-3-5-20(16)35(21)14-23(37)38/h2-7,12-13,15,18,30H,8-11,14H2,1H3,(H,33,39)(H,37,38)(H2,29,31,32). The second-order valence-electron chi connectivity index (χ2n) is 9.67. The summed E-state index contributed by atoms with van der Waals surface area (Å²) in [6.07, 6.45) is 3.30. The van der Waals surface area contributed by atoms with E-state index in [0.29, 0.717) is 39.5 Å². The molecule has 204 valence electrons. The lowest BCUT2D eigenvalue weighted by Crippen LogP contribution is -2.30. The van der Waals surface area contributed by atoms with Crippen molar-refractivity contribution >= 4 is 45.3 Å². The summed E-state index contributed by atoms with van der Waals surface area (Å²) in [5.74, 6) is -0.756. The number of benzene rings is 2. The molecule has 0 bridgehead atoms. The van der Waals surface area contributed by atoms with Crippen LogP contribution in [0.1, 0.15) is 29.4 Å². The number of rotatable bonds is 7. The predicted octanol–water partition coefficient (Wildman–Crippen LogP) is 3.30. The van der Waals surface area contributed by atoms with E-state index in [1.807, 2.05) is 22.9 Å². The maximum absolute atomic E-state index is 13.4. The zero-order chi connectivity index (χ0) is 27.8. The topological polar surface area (TPSA) is 162 Å². The fourth-order valence-electron chi connectivity index (χ4n) is 5.34. The lowest BCUT2D eigenvalue weighted by Gasteiger charge is -2.23. The van der Waals surface area contributed by atoms with Crippen LogP contribution < -0.4 is 21.1 Å². The van der Waals surface area contributed by atoms with Gasteiger partial charge in [-0.05, 0) is 50.2 Å². The quantitative estimate of drug-likeness (QED) is 0.243. The number of nitrogens with one attached hydrogen (secondary N) is 2. The third-order valence-corrected chi connectivity index (χ3v) is 7.23. The number of amides is 1. The number of ether oxygens (including phenoxy) is 1. The molecule has 0 spiro atoms. The van der Waals surface area contributed by atoms with Crippen LogP contribution in [-0.2, 0) is 11.3 Å². The van der Waals surface area contributed by atoms with E-state index in [1.165, 1.54) is 18.0 Å². The summed E-state index contributed by atoms with van der Waals surface area (Å²) in [6.45, 7) is 1.45. The van der Waals surface area contributed by atoms with Crippen molar-refractivity contribution in [2.75, 3.05) is 31.2 Å². The van der Waals surface area contributed by atoms with Gasteiger partial charge in [0.1, 0.15) is 35.8 Å². The molecular weight excluding hydrogens is 512 g/mol. The Bertz CT molecular complexity index is 1750. The number of fused-ring (bicyclic) bond motifs is 2. The molecule has 0 atom stereocenters. The number of nitrogens with zero attached hydrogens (tertiary/aromatic N) is 5. The van der Waals surface area contributed by atoms with Crippen molar-refractivity contribution in [1.82, 2.24) is 29.6 Å². The van der Waals surface area contributed by atoms with Gasteiger partial charge in [-0.15, -0.1) is 0 Å². The van der Waals surface area contributed by atoms with Gasteiger partial charge in [0.05, 0.1) is 24.2 Å². The first kappa shape index (κ1) is 25.3.